The smallest absolute Gasteiger partial charge is 0.124 e. The Hall–Kier alpha value is 0.230. The molecule has 1 nitrogen and oxygen atoms in total. The molecule has 3 heteroatoms. The maximum atomic E-state index is 6.44. The van der Waals surface area contributed by atoms with E-state index in [1.165, 1.54) is 28.4 Å². The monoisotopic (exact) mass is 420 g/mol. The molecule has 1 aliphatic carbocycles. The van der Waals surface area contributed by atoms with Gasteiger partial charge in [-0.1, -0.05) is 52.4 Å². The van der Waals surface area contributed by atoms with Gasteiger partial charge < -0.3 is 4.74 Å². The van der Waals surface area contributed by atoms with E-state index in [2.05, 4.69) is 71.4 Å². The number of halogens is 2. The highest BCUT2D eigenvalue weighted by Gasteiger charge is 2.58. The summed E-state index contributed by atoms with van der Waals surface area (Å²) < 4.78 is 8.73. The van der Waals surface area contributed by atoms with Crippen LogP contribution in [0, 0.1) is 12.8 Å². The van der Waals surface area contributed by atoms with Gasteiger partial charge in [0.1, 0.15) is 11.4 Å². The minimum atomic E-state index is 0.0581. The fourth-order valence-corrected chi connectivity index (χ4v) is 5.15. The largest absolute Gasteiger partial charge is 0.486 e. The summed E-state index contributed by atoms with van der Waals surface area (Å²) in [6.07, 6.45) is 2.42. The van der Waals surface area contributed by atoms with Crippen molar-refractivity contribution in [1.82, 2.24) is 0 Å². The highest BCUT2D eigenvalue weighted by Crippen LogP contribution is 2.59. The molecular formula is C15H18BrIO. The van der Waals surface area contributed by atoms with Gasteiger partial charge in [-0.05, 0) is 37.5 Å². The Balaban J connectivity index is 2.22. The van der Waals surface area contributed by atoms with Crippen molar-refractivity contribution < 1.29 is 4.74 Å². The van der Waals surface area contributed by atoms with E-state index in [1.54, 1.807) is 0 Å². The van der Waals surface area contributed by atoms with Crippen LogP contribution in [-0.4, -0.2) is 10.0 Å². The van der Waals surface area contributed by atoms with Gasteiger partial charge >= 0.3 is 0 Å². The Kier molecular flexibility index (Phi) is 3.02. The van der Waals surface area contributed by atoms with Gasteiger partial charge in [0.2, 0.25) is 0 Å². The predicted molar refractivity (Wildman–Crippen MR) is 86.9 cm³/mol. The number of ether oxygens (including phenoxy) is 1. The van der Waals surface area contributed by atoms with Crippen molar-refractivity contribution in [3.63, 3.8) is 0 Å². The molecule has 0 amide bonds. The number of hydrogen-bond donors (Lipinski definition) is 0. The number of benzene rings is 1. The van der Waals surface area contributed by atoms with Crippen LogP contribution < -0.4 is 4.74 Å². The molecule has 2 aliphatic rings. The van der Waals surface area contributed by atoms with E-state index in [1.807, 2.05) is 0 Å². The van der Waals surface area contributed by atoms with Gasteiger partial charge in [0, 0.05) is 25.8 Å². The van der Waals surface area contributed by atoms with Crippen LogP contribution in [0.2, 0.25) is 0 Å². The molecule has 18 heavy (non-hydrogen) atoms. The minimum absolute atomic E-state index is 0.0581. The van der Waals surface area contributed by atoms with Gasteiger partial charge in [0.05, 0.1) is 0 Å². The van der Waals surface area contributed by atoms with Crippen LogP contribution in [0.4, 0.5) is 0 Å². The third kappa shape index (κ3) is 1.55. The lowest BCUT2D eigenvalue weighted by atomic mass is 9.70. The molecule has 1 aromatic rings. The zero-order valence-electron chi connectivity index (χ0n) is 11.0. The Bertz CT molecular complexity index is 515. The molecule has 1 saturated carbocycles. The number of alkyl halides is 1. The summed E-state index contributed by atoms with van der Waals surface area (Å²) in [6.45, 7) is 6.91. The molecule has 1 fully saturated rings. The molecule has 0 saturated heterocycles. The molecule has 1 aromatic carbocycles. The van der Waals surface area contributed by atoms with E-state index >= 15 is 0 Å². The van der Waals surface area contributed by atoms with Crippen molar-refractivity contribution in [2.24, 2.45) is 5.92 Å². The van der Waals surface area contributed by atoms with E-state index in [4.69, 9.17) is 4.74 Å². The lowest BCUT2D eigenvalue weighted by molar-refractivity contribution is 0.0287. The first-order valence-corrected chi connectivity index (χ1v) is 8.80. The van der Waals surface area contributed by atoms with E-state index in [-0.39, 0.29) is 11.0 Å². The Morgan fingerprint density at radius 1 is 1.44 bits per heavy atom. The zero-order valence-corrected chi connectivity index (χ0v) is 14.8. The van der Waals surface area contributed by atoms with Crippen LogP contribution in [0.25, 0.3) is 0 Å². The fraction of sp³-hybridized carbons (Fsp3) is 0.600. The van der Waals surface area contributed by atoms with E-state index in [9.17, 15) is 0 Å². The van der Waals surface area contributed by atoms with Gasteiger partial charge in [-0.2, -0.15) is 0 Å². The first kappa shape index (κ1) is 13.2. The summed E-state index contributed by atoms with van der Waals surface area (Å²) in [5, 5.41) is 0. The topological polar surface area (TPSA) is 9.23 Å². The van der Waals surface area contributed by atoms with Crippen molar-refractivity contribution in [3.05, 3.63) is 27.7 Å². The summed E-state index contributed by atoms with van der Waals surface area (Å²) in [4.78, 5) is 0. The van der Waals surface area contributed by atoms with Crippen LogP contribution in [0.3, 0.4) is 0 Å². The lowest BCUT2D eigenvalue weighted by Gasteiger charge is -2.45. The molecule has 0 spiro atoms. The third-order valence-corrected chi connectivity index (χ3v) is 7.37. The third-order valence-electron chi connectivity index (χ3n) is 5.23. The zero-order chi connectivity index (χ0) is 13.1. The molecule has 1 aliphatic heterocycles. The van der Waals surface area contributed by atoms with Gasteiger partial charge in [-0.15, -0.1) is 0 Å². The number of aryl methyl sites for hydroxylation is 1. The molecule has 3 atom stereocenters. The first-order valence-electron chi connectivity index (χ1n) is 6.48. The summed E-state index contributed by atoms with van der Waals surface area (Å²) in [5.41, 5.74) is 2.98. The molecule has 0 radical (unpaired) electrons. The van der Waals surface area contributed by atoms with Gasteiger partial charge in [0.25, 0.3) is 0 Å². The van der Waals surface area contributed by atoms with Gasteiger partial charge in [0.15, 0.2) is 0 Å². The molecule has 3 rings (SSSR count). The molecule has 0 unspecified atom stereocenters. The Morgan fingerprint density at radius 2 is 2.17 bits per heavy atom. The summed E-state index contributed by atoms with van der Waals surface area (Å²) in [6, 6.07) is 4.49. The quantitative estimate of drug-likeness (QED) is 0.458. The van der Waals surface area contributed by atoms with Crippen molar-refractivity contribution in [3.8, 4) is 5.75 Å². The van der Waals surface area contributed by atoms with E-state index in [0.29, 0.717) is 5.92 Å². The maximum Gasteiger partial charge on any atom is 0.124 e. The van der Waals surface area contributed by atoms with Gasteiger partial charge in [-0.25, -0.2) is 0 Å². The molecule has 2 bridgehead atoms. The molecular weight excluding hydrogens is 403 g/mol. The fourth-order valence-electron chi connectivity index (χ4n) is 3.61. The van der Waals surface area contributed by atoms with Crippen LogP contribution in [0.1, 0.15) is 37.8 Å². The Labute approximate surface area is 131 Å². The highest BCUT2D eigenvalue weighted by molar-refractivity contribution is 14.1. The van der Waals surface area contributed by atoms with Crippen LogP contribution in [0.5, 0.6) is 5.75 Å². The van der Waals surface area contributed by atoms with Crippen molar-refractivity contribution in [1.29, 1.82) is 0 Å². The summed E-state index contributed by atoms with van der Waals surface area (Å²) in [7, 11) is 0. The highest BCUT2D eigenvalue weighted by atomic mass is 127. The SMILES string of the molecule is Cc1cc2c(cc1Br)[C@]1(C)CC[C@](CI)(O2)[C@@H]1C. The normalized spacial score (nSPS) is 37.3. The van der Waals surface area contributed by atoms with Crippen LogP contribution in [0.15, 0.2) is 16.6 Å². The van der Waals surface area contributed by atoms with Crippen LogP contribution >= 0.6 is 38.5 Å². The average Bonchev–Trinajstić information content (AvgIpc) is 2.52. The van der Waals surface area contributed by atoms with E-state index < -0.39 is 0 Å². The molecule has 0 aromatic heterocycles. The Morgan fingerprint density at radius 3 is 2.83 bits per heavy atom. The second kappa shape index (κ2) is 4.11. The minimum Gasteiger partial charge on any atom is -0.486 e. The number of fused-ring (bicyclic) bond motifs is 4. The molecule has 1 heterocycles. The summed E-state index contributed by atoms with van der Waals surface area (Å²) in [5.74, 6) is 1.70. The van der Waals surface area contributed by atoms with Crippen molar-refractivity contribution in [2.45, 2.75) is 44.6 Å². The summed E-state index contributed by atoms with van der Waals surface area (Å²) >= 11 is 6.15. The van der Waals surface area contributed by atoms with Crippen molar-refractivity contribution in [2.75, 3.05) is 4.43 Å². The first-order chi connectivity index (χ1) is 8.43. The number of hydrogen-bond acceptors (Lipinski definition) is 1. The lowest BCUT2D eigenvalue weighted by Crippen LogP contribution is -2.49. The standard InChI is InChI=1S/C15H18BrIO/c1-9-6-13-11(7-12(9)16)14(3)4-5-15(8-17,18-13)10(14)2/h6-7,10H,4-5,8H2,1-3H3/t10-,14-,15-/m1/s1. The predicted octanol–water partition coefficient (Wildman–Crippen LogP) is 5.01. The van der Waals surface area contributed by atoms with E-state index in [0.717, 1.165) is 10.2 Å². The van der Waals surface area contributed by atoms with Crippen molar-refractivity contribution >= 4 is 38.5 Å². The molecule has 98 valence electrons. The molecule has 0 N–H and O–H groups in total. The average molecular weight is 421 g/mol. The van der Waals surface area contributed by atoms with Gasteiger partial charge in [-0.3, -0.25) is 0 Å². The number of rotatable bonds is 1. The second-order valence-electron chi connectivity index (χ2n) is 6.04. The second-order valence-corrected chi connectivity index (χ2v) is 7.65. The van der Waals surface area contributed by atoms with Crippen LogP contribution in [-0.2, 0) is 5.41 Å². The maximum absolute atomic E-state index is 6.44.